The third kappa shape index (κ3) is 4.09. The van der Waals surface area contributed by atoms with Crippen LogP contribution in [0.5, 0.6) is 0 Å². The molecule has 6 heteroatoms. The molecule has 1 aliphatic rings. The van der Waals surface area contributed by atoms with E-state index in [1.54, 1.807) is 30.6 Å². The van der Waals surface area contributed by atoms with E-state index in [4.69, 9.17) is 11.6 Å². The lowest BCUT2D eigenvalue weighted by molar-refractivity contribution is 0.0876. The molecule has 0 N–H and O–H groups in total. The van der Waals surface area contributed by atoms with Gasteiger partial charge in [-0.1, -0.05) is 32.4 Å². The van der Waals surface area contributed by atoms with E-state index in [1.807, 2.05) is 3.22 Å². The molecule has 0 bridgehead atoms. The molecule has 20 heavy (non-hydrogen) atoms. The normalized spacial score (nSPS) is 16.1. The molecule has 0 saturated carbocycles. The summed E-state index contributed by atoms with van der Waals surface area (Å²) in [7, 11) is 0. The Kier molecular flexibility index (Phi) is 4.90. The third-order valence-corrected chi connectivity index (χ3v) is 4.93. The van der Waals surface area contributed by atoms with Crippen molar-refractivity contribution in [3.05, 3.63) is 34.9 Å². The van der Waals surface area contributed by atoms with Gasteiger partial charge in [-0.2, -0.15) is 8.25 Å². The van der Waals surface area contributed by atoms with Gasteiger partial charge in [-0.15, -0.1) is 0 Å². The maximum absolute atomic E-state index is 12.7. The molecule has 0 aliphatic carbocycles. The second-order valence-corrected chi connectivity index (χ2v) is 8.26. The van der Waals surface area contributed by atoms with Crippen LogP contribution in [0.3, 0.4) is 0 Å². The van der Waals surface area contributed by atoms with Crippen LogP contribution in [0.4, 0.5) is 0 Å². The zero-order valence-corrected chi connectivity index (χ0v) is 14.6. The Morgan fingerprint density at radius 2 is 2.00 bits per heavy atom. The van der Waals surface area contributed by atoms with E-state index in [0.717, 1.165) is 6.42 Å². The van der Waals surface area contributed by atoms with Crippen molar-refractivity contribution in [1.29, 1.82) is 0 Å². The number of hydrogen-bond acceptors (Lipinski definition) is 4. The maximum Gasteiger partial charge on any atom is 0.187 e. The molecule has 1 unspecified atom stereocenters. The Morgan fingerprint density at radius 3 is 2.50 bits per heavy atom. The fourth-order valence-electron chi connectivity index (χ4n) is 1.94. The lowest BCUT2D eigenvalue weighted by Crippen LogP contribution is -2.35. The fourth-order valence-corrected chi connectivity index (χ4v) is 3.51. The maximum atomic E-state index is 12.7. The Balaban J connectivity index is 2.25. The number of carbonyl (C=O) groups excluding carboxylic acids is 1. The predicted octanol–water partition coefficient (Wildman–Crippen LogP) is 4.66. The molecule has 1 aliphatic heterocycles. The molecule has 1 aromatic carbocycles. The highest BCUT2D eigenvalue weighted by Gasteiger charge is 2.31. The first-order valence-corrected chi connectivity index (χ1v) is 8.64. The van der Waals surface area contributed by atoms with Gasteiger partial charge in [-0.25, -0.2) is 3.22 Å². The number of Topliss-reactive ketones (excluding diaryl/α,β-unsaturated/α-hetero) is 1. The standard InChI is InChI=1S/C14H17ClIN3O/c1-14(2,3)8-12(19-16-17-9-18-19)13(20)10-4-6-11(15)7-5-10/h4-7,9,12H,8H2,1-3H3. The van der Waals surface area contributed by atoms with Crippen LogP contribution < -0.4 is 0 Å². The number of hydrazone groups is 1. The van der Waals surface area contributed by atoms with Crippen LogP contribution >= 0.6 is 32.9 Å². The van der Waals surface area contributed by atoms with E-state index in [0.29, 0.717) is 10.6 Å². The molecule has 0 fully saturated rings. The minimum Gasteiger partial charge on any atom is -0.292 e. The highest BCUT2D eigenvalue weighted by molar-refractivity contribution is 14.1. The number of benzene rings is 1. The highest BCUT2D eigenvalue weighted by Crippen LogP contribution is 2.31. The van der Waals surface area contributed by atoms with Gasteiger partial charge < -0.3 is 0 Å². The smallest absolute Gasteiger partial charge is 0.187 e. The minimum absolute atomic E-state index is 0.0502. The van der Waals surface area contributed by atoms with Gasteiger partial charge in [-0.05, 0) is 36.1 Å². The minimum atomic E-state index is -0.561. The average molecular weight is 406 g/mol. The Labute approximate surface area is 134 Å². The van der Waals surface area contributed by atoms with Crippen molar-refractivity contribution in [2.45, 2.75) is 33.2 Å². The number of hydrogen-bond donors (Lipinski definition) is 0. The van der Waals surface area contributed by atoms with Gasteiger partial charge in [0.05, 0.1) is 0 Å². The number of halogens is 2. The van der Waals surface area contributed by atoms with Gasteiger partial charge in [0.1, 0.15) is 33.7 Å². The van der Waals surface area contributed by atoms with E-state index in [-0.39, 0.29) is 17.2 Å². The Morgan fingerprint density at radius 1 is 1.35 bits per heavy atom. The molecular weight excluding hydrogens is 389 g/mol. The summed E-state index contributed by atoms with van der Waals surface area (Å²) in [4.78, 5) is 12.7. The van der Waals surface area contributed by atoms with Crippen molar-refractivity contribution >= 4 is 45.0 Å². The van der Waals surface area contributed by atoms with Gasteiger partial charge in [0.25, 0.3) is 0 Å². The van der Waals surface area contributed by atoms with Crippen molar-refractivity contribution in [2.24, 2.45) is 13.7 Å². The van der Waals surface area contributed by atoms with Crippen LogP contribution in [0.15, 0.2) is 32.5 Å². The molecule has 108 valence electrons. The molecule has 1 heterocycles. The molecule has 0 spiro atoms. The van der Waals surface area contributed by atoms with E-state index in [1.165, 1.54) is 0 Å². The van der Waals surface area contributed by atoms with E-state index < -0.39 is 21.3 Å². The first kappa shape index (κ1) is 15.6. The van der Waals surface area contributed by atoms with Crippen molar-refractivity contribution in [1.82, 2.24) is 3.22 Å². The lowest BCUT2D eigenvalue weighted by atomic mass is 9.85. The van der Waals surface area contributed by atoms with Gasteiger partial charge >= 0.3 is 0 Å². The summed E-state index contributed by atoms with van der Waals surface area (Å²) in [6.07, 6.45) is 2.30. The quantitative estimate of drug-likeness (QED) is 0.415. The van der Waals surface area contributed by atoms with Crippen LogP contribution in [0.2, 0.25) is 5.02 Å². The largest absolute Gasteiger partial charge is 0.292 e. The molecule has 0 saturated heterocycles. The predicted molar refractivity (Wildman–Crippen MR) is 90.4 cm³/mol. The van der Waals surface area contributed by atoms with Gasteiger partial charge in [-0.3, -0.25) is 4.79 Å². The highest BCUT2D eigenvalue weighted by atomic mass is 127. The zero-order chi connectivity index (χ0) is 14.8. The summed E-state index contributed by atoms with van der Waals surface area (Å²) in [6, 6.07) is 6.79. The van der Waals surface area contributed by atoms with Gasteiger partial charge in [0.15, 0.2) is 5.78 Å². The number of rotatable bonds is 4. The molecule has 1 atom stereocenters. The third-order valence-electron chi connectivity index (χ3n) is 2.82. The summed E-state index contributed by atoms with van der Waals surface area (Å²) >= 11 is 5.31. The summed E-state index contributed by atoms with van der Waals surface area (Å²) in [5, 5.41) is 4.86. The molecule has 0 radical (unpaired) electrons. The van der Waals surface area contributed by atoms with E-state index >= 15 is 0 Å². The average Bonchev–Trinajstić information content (AvgIpc) is 2.89. The Hall–Kier alpha value is -0.820. The van der Waals surface area contributed by atoms with Crippen molar-refractivity contribution < 1.29 is 4.79 Å². The summed E-state index contributed by atoms with van der Waals surface area (Å²) in [5.74, 6) is 0.0885. The summed E-state index contributed by atoms with van der Waals surface area (Å²) < 4.78 is 6.04. The summed E-state index contributed by atoms with van der Waals surface area (Å²) in [6.45, 7) is 6.39. The molecule has 4 nitrogen and oxygen atoms in total. The van der Waals surface area contributed by atoms with Gasteiger partial charge in [0, 0.05) is 10.6 Å². The first-order chi connectivity index (χ1) is 9.37. The number of carbonyl (C=O) groups is 1. The topological polar surface area (TPSA) is 45.0 Å². The van der Waals surface area contributed by atoms with Crippen LogP contribution in [0, 0.1) is 5.41 Å². The van der Waals surface area contributed by atoms with Crippen LogP contribution in [0.25, 0.3) is 0 Å². The van der Waals surface area contributed by atoms with Crippen LogP contribution in [-0.4, -0.2) is 21.4 Å². The summed E-state index contributed by atoms with van der Waals surface area (Å²) in [5.41, 5.74) is 0.726. The monoisotopic (exact) mass is 405 g/mol. The van der Waals surface area contributed by atoms with Crippen molar-refractivity contribution in [2.75, 3.05) is 0 Å². The second kappa shape index (κ2) is 6.30. The number of nitrogens with zero attached hydrogens (tertiary/aromatic N) is 3. The molecule has 0 amide bonds. The zero-order valence-electron chi connectivity index (χ0n) is 11.7. The molecule has 2 rings (SSSR count). The van der Waals surface area contributed by atoms with Crippen LogP contribution in [0.1, 0.15) is 37.6 Å². The number of ketones is 1. The lowest BCUT2D eigenvalue weighted by Gasteiger charge is -2.28. The molecule has 1 aromatic rings. The van der Waals surface area contributed by atoms with E-state index in [9.17, 15) is 4.79 Å². The van der Waals surface area contributed by atoms with Crippen molar-refractivity contribution in [3.8, 4) is 0 Å². The van der Waals surface area contributed by atoms with Gasteiger partial charge in [0.2, 0.25) is 0 Å². The van der Waals surface area contributed by atoms with Crippen molar-refractivity contribution in [3.63, 3.8) is 0 Å². The first-order valence-electron chi connectivity index (χ1n) is 6.33. The molecule has 0 aromatic heterocycles. The SMILES string of the molecule is CC(C)(C)CC(C(=O)c1ccc(Cl)cc1)N1N=CN=I1. The van der Waals surface area contributed by atoms with E-state index in [2.05, 4.69) is 29.0 Å². The second-order valence-electron chi connectivity index (χ2n) is 5.84. The fraction of sp³-hybridized carbons (Fsp3) is 0.429. The Bertz CT molecular complexity index is 537. The van der Waals surface area contributed by atoms with Crippen LogP contribution in [-0.2, 0) is 0 Å². The molecular formula is C14H17ClIN3O.